The van der Waals surface area contributed by atoms with Crippen molar-refractivity contribution in [3.63, 3.8) is 0 Å². The van der Waals surface area contributed by atoms with Gasteiger partial charge in [0.15, 0.2) is 23.0 Å². The van der Waals surface area contributed by atoms with E-state index in [1.54, 1.807) is 11.6 Å². The second-order valence-electron chi connectivity index (χ2n) is 6.04. The van der Waals surface area contributed by atoms with E-state index in [0.717, 1.165) is 22.3 Å². The Morgan fingerprint density at radius 1 is 1.04 bits per heavy atom. The first-order valence-electron chi connectivity index (χ1n) is 8.35. The standard InChI is InChI=1S/C19H15N7O/c1-27-15-9-5-2-6-11(15)14-10-16-23-24-17(18(20)26(16)25-14)19-21-12-7-3-4-8-13(12)22-19/h2-10H,20H2,1H3,(H,21,22). The van der Waals surface area contributed by atoms with Gasteiger partial charge in [0.05, 0.1) is 23.8 Å². The molecule has 0 fully saturated rings. The lowest BCUT2D eigenvalue weighted by atomic mass is 10.1. The van der Waals surface area contributed by atoms with Gasteiger partial charge in [0, 0.05) is 11.6 Å². The predicted molar refractivity (Wildman–Crippen MR) is 102 cm³/mol. The predicted octanol–water partition coefficient (Wildman–Crippen LogP) is 2.93. The average molecular weight is 357 g/mol. The quantitative estimate of drug-likeness (QED) is 0.514. The van der Waals surface area contributed by atoms with E-state index in [0.29, 0.717) is 28.7 Å². The molecule has 0 spiro atoms. The number of aromatic nitrogens is 6. The highest BCUT2D eigenvalue weighted by atomic mass is 16.5. The van der Waals surface area contributed by atoms with Gasteiger partial charge in [0.25, 0.3) is 0 Å². The number of benzene rings is 2. The highest BCUT2D eigenvalue weighted by Crippen LogP contribution is 2.30. The smallest absolute Gasteiger partial charge is 0.180 e. The van der Waals surface area contributed by atoms with Gasteiger partial charge in [-0.15, -0.1) is 10.2 Å². The summed E-state index contributed by atoms with van der Waals surface area (Å²) in [5.74, 6) is 1.64. The van der Waals surface area contributed by atoms with E-state index in [4.69, 9.17) is 10.5 Å². The fourth-order valence-corrected chi connectivity index (χ4v) is 3.09. The number of rotatable bonds is 3. The lowest BCUT2D eigenvalue weighted by Crippen LogP contribution is -2.06. The zero-order valence-electron chi connectivity index (χ0n) is 14.4. The van der Waals surface area contributed by atoms with Gasteiger partial charge < -0.3 is 15.5 Å². The lowest BCUT2D eigenvalue weighted by Gasteiger charge is -2.04. The summed E-state index contributed by atoms with van der Waals surface area (Å²) in [6.07, 6.45) is 0. The monoisotopic (exact) mass is 357 g/mol. The molecule has 3 aromatic heterocycles. The molecule has 2 aromatic carbocycles. The topological polar surface area (TPSA) is 107 Å². The SMILES string of the molecule is COc1ccccc1-c1cc2nnc(-c3nc4ccccc4[nH]3)c(N)n2n1. The second-order valence-corrected chi connectivity index (χ2v) is 6.04. The Hall–Kier alpha value is -3.94. The summed E-state index contributed by atoms with van der Waals surface area (Å²) in [6.45, 7) is 0. The minimum atomic E-state index is 0.361. The van der Waals surface area contributed by atoms with Crippen molar-refractivity contribution in [1.29, 1.82) is 0 Å². The van der Waals surface area contributed by atoms with Crippen LogP contribution < -0.4 is 10.5 Å². The number of nitrogens with two attached hydrogens (primary N) is 1. The summed E-state index contributed by atoms with van der Waals surface area (Å²) >= 11 is 0. The molecule has 27 heavy (non-hydrogen) atoms. The van der Waals surface area contributed by atoms with Gasteiger partial charge >= 0.3 is 0 Å². The fraction of sp³-hybridized carbons (Fsp3) is 0.0526. The number of methoxy groups -OCH3 is 1. The molecule has 5 rings (SSSR count). The normalized spacial score (nSPS) is 11.3. The van der Waals surface area contributed by atoms with Crippen LogP contribution in [0.4, 0.5) is 5.82 Å². The van der Waals surface area contributed by atoms with Crippen molar-refractivity contribution in [2.45, 2.75) is 0 Å². The summed E-state index contributed by atoms with van der Waals surface area (Å²) < 4.78 is 6.99. The van der Waals surface area contributed by atoms with Crippen LogP contribution in [0.5, 0.6) is 5.75 Å². The number of ether oxygens (including phenoxy) is 1. The summed E-state index contributed by atoms with van der Waals surface area (Å²) in [5.41, 5.74) is 10.6. The molecule has 0 unspecified atom stereocenters. The van der Waals surface area contributed by atoms with Crippen LogP contribution in [0.2, 0.25) is 0 Å². The van der Waals surface area contributed by atoms with Crippen LogP contribution in [-0.4, -0.2) is 36.9 Å². The first kappa shape index (κ1) is 15.3. The van der Waals surface area contributed by atoms with E-state index in [9.17, 15) is 0 Å². The fourth-order valence-electron chi connectivity index (χ4n) is 3.09. The van der Waals surface area contributed by atoms with Crippen LogP contribution in [0.25, 0.3) is 39.5 Å². The molecule has 0 aliphatic heterocycles. The van der Waals surface area contributed by atoms with Gasteiger partial charge in [-0.1, -0.05) is 24.3 Å². The van der Waals surface area contributed by atoms with Crippen molar-refractivity contribution in [3.05, 3.63) is 54.6 Å². The number of hydrogen-bond donors (Lipinski definition) is 2. The van der Waals surface area contributed by atoms with Crippen molar-refractivity contribution in [1.82, 2.24) is 29.8 Å². The Morgan fingerprint density at radius 2 is 1.85 bits per heavy atom. The maximum Gasteiger partial charge on any atom is 0.180 e. The van der Waals surface area contributed by atoms with Crippen molar-refractivity contribution >= 4 is 22.5 Å². The van der Waals surface area contributed by atoms with Gasteiger partial charge in [-0.3, -0.25) is 0 Å². The molecule has 0 amide bonds. The first-order valence-corrected chi connectivity index (χ1v) is 8.35. The Bertz CT molecular complexity index is 1250. The van der Waals surface area contributed by atoms with Crippen molar-refractivity contribution < 1.29 is 4.74 Å². The minimum absolute atomic E-state index is 0.361. The third-order valence-electron chi connectivity index (χ3n) is 4.41. The largest absolute Gasteiger partial charge is 0.496 e. The number of hydrogen-bond acceptors (Lipinski definition) is 6. The molecule has 3 N–H and O–H groups in total. The number of aromatic amines is 1. The van der Waals surface area contributed by atoms with Crippen LogP contribution in [0.3, 0.4) is 0 Å². The summed E-state index contributed by atoms with van der Waals surface area (Å²) in [4.78, 5) is 7.76. The molecular formula is C19H15N7O. The summed E-state index contributed by atoms with van der Waals surface area (Å²) in [7, 11) is 1.63. The Morgan fingerprint density at radius 3 is 2.70 bits per heavy atom. The second kappa shape index (κ2) is 5.80. The molecular weight excluding hydrogens is 342 g/mol. The van der Waals surface area contributed by atoms with E-state index in [1.165, 1.54) is 0 Å². The zero-order valence-corrected chi connectivity index (χ0v) is 14.4. The van der Waals surface area contributed by atoms with Gasteiger partial charge in [-0.25, -0.2) is 4.98 Å². The van der Waals surface area contributed by atoms with E-state index in [-0.39, 0.29) is 0 Å². The molecule has 0 aliphatic rings. The average Bonchev–Trinajstić information content (AvgIpc) is 3.32. The van der Waals surface area contributed by atoms with E-state index >= 15 is 0 Å². The molecule has 3 heterocycles. The molecule has 0 saturated carbocycles. The number of nitrogens with one attached hydrogen (secondary N) is 1. The summed E-state index contributed by atoms with van der Waals surface area (Å²) in [5, 5.41) is 13.1. The highest BCUT2D eigenvalue weighted by molar-refractivity contribution is 5.81. The molecule has 0 saturated heterocycles. The molecule has 5 aromatic rings. The molecule has 0 radical (unpaired) electrons. The zero-order chi connectivity index (χ0) is 18.4. The number of anilines is 1. The van der Waals surface area contributed by atoms with Gasteiger partial charge in [-0.2, -0.15) is 9.61 Å². The van der Waals surface area contributed by atoms with Crippen LogP contribution in [0.1, 0.15) is 0 Å². The molecule has 8 nitrogen and oxygen atoms in total. The van der Waals surface area contributed by atoms with Gasteiger partial charge in [0.1, 0.15) is 5.75 Å². The minimum Gasteiger partial charge on any atom is -0.496 e. The van der Waals surface area contributed by atoms with E-state index < -0.39 is 0 Å². The number of fused-ring (bicyclic) bond motifs is 2. The molecule has 0 bridgehead atoms. The number of imidazole rings is 1. The number of para-hydroxylation sites is 3. The van der Waals surface area contributed by atoms with Crippen molar-refractivity contribution in [3.8, 4) is 28.5 Å². The maximum absolute atomic E-state index is 6.34. The Kier molecular flexibility index (Phi) is 3.29. The van der Waals surface area contributed by atoms with E-state index in [1.807, 2.05) is 54.6 Å². The van der Waals surface area contributed by atoms with Crippen molar-refractivity contribution in [2.24, 2.45) is 0 Å². The third-order valence-corrected chi connectivity index (χ3v) is 4.41. The lowest BCUT2D eigenvalue weighted by molar-refractivity contribution is 0.416. The van der Waals surface area contributed by atoms with Gasteiger partial charge in [-0.05, 0) is 24.3 Å². The van der Waals surface area contributed by atoms with Crippen LogP contribution in [-0.2, 0) is 0 Å². The molecule has 8 heteroatoms. The first-order chi connectivity index (χ1) is 13.2. The number of H-pyrrole nitrogens is 1. The Balaban J connectivity index is 1.67. The molecule has 0 aliphatic carbocycles. The number of nitrogens with zero attached hydrogens (tertiary/aromatic N) is 5. The maximum atomic E-state index is 6.34. The molecule has 132 valence electrons. The number of nitrogen functional groups attached to an aromatic ring is 1. The van der Waals surface area contributed by atoms with Crippen LogP contribution >= 0.6 is 0 Å². The Labute approximate surface area is 153 Å². The highest BCUT2D eigenvalue weighted by Gasteiger charge is 2.17. The molecule has 0 atom stereocenters. The van der Waals surface area contributed by atoms with Crippen LogP contribution in [0.15, 0.2) is 54.6 Å². The van der Waals surface area contributed by atoms with Crippen molar-refractivity contribution in [2.75, 3.05) is 12.8 Å². The van der Waals surface area contributed by atoms with E-state index in [2.05, 4.69) is 25.3 Å². The summed E-state index contributed by atoms with van der Waals surface area (Å²) in [6, 6.07) is 17.2. The van der Waals surface area contributed by atoms with Gasteiger partial charge in [0.2, 0.25) is 0 Å². The van der Waals surface area contributed by atoms with Crippen LogP contribution in [0, 0.1) is 0 Å². The third kappa shape index (κ3) is 2.38.